The molecule has 1 aliphatic rings. The minimum Gasteiger partial charge on any atom is -0.461 e. The molecule has 176 valence electrons. The van der Waals surface area contributed by atoms with Crippen LogP contribution in [-0.4, -0.2) is 56.8 Å². The lowest BCUT2D eigenvalue weighted by Crippen LogP contribution is -2.58. The van der Waals surface area contributed by atoms with Crippen LogP contribution in [0.5, 0.6) is 0 Å². The van der Waals surface area contributed by atoms with Crippen molar-refractivity contribution in [1.82, 2.24) is 19.1 Å². The van der Waals surface area contributed by atoms with E-state index in [1.165, 1.54) is 10.2 Å². The number of fused-ring (bicyclic) bond motifs is 1. The summed E-state index contributed by atoms with van der Waals surface area (Å²) in [5, 5.41) is 0. The summed E-state index contributed by atoms with van der Waals surface area (Å²) in [5.41, 5.74) is 2.76. The smallest absolute Gasteiger partial charge is 0.358 e. The topological polar surface area (TPSA) is 72.1 Å². The Labute approximate surface area is 194 Å². The zero-order valence-corrected chi connectivity index (χ0v) is 19.9. The number of nitrogens with zero attached hydrogens (tertiary/aromatic N) is 5. The second-order valence-electron chi connectivity index (χ2n) is 8.60. The van der Waals surface area contributed by atoms with Gasteiger partial charge in [0, 0.05) is 44.8 Å². The Bertz CT molecular complexity index is 1170. The molecule has 0 amide bonds. The van der Waals surface area contributed by atoms with E-state index in [2.05, 4.69) is 52.9 Å². The van der Waals surface area contributed by atoms with Gasteiger partial charge in [0.1, 0.15) is 0 Å². The molecule has 33 heavy (non-hydrogen) atoms. The quantitative estimate of drug-likeness (QED) is 0.514. The number of aryl methyl sites for hydroxylation is 1. The molecule has 2 aromatic heterocycles. The van der Waals surface area contributed by atoms with Crippen molar-refractivity contribution in [3.05, 3.63) is 64.2 Å². The van der Waals surface area contributed by atoms with Gasteiger partial charge in [-0.3, -0.25) is 9.69 Å². The van der Waals surface area contributed by atoms with Gasteiger partial charge < -0.3 is 9.64 Å². The molecule has 4 rings (SSSR count). The van der Waals surface area contributed by atoms with Gasteiger partial charge in [0.25, 0.3) is 5.56 Å². The molecule has 0 bridgehead atoms. The van der Waals surface area contributed by atoms with Crippen molar-refractivity contribution in [3.8, 4) is 0 Å². The standard InChI is InChI=1S/C25H33N5O3/c1-5-19-16-29(20(6-2)15-28(19)14-18-11-9-8-10-12-18)22-13-23(31)27(4)30-17-21(26-24(22)30)25(32)33-7-3/h8-13,17,19-20H,5-7,14-16H2,1-4H3/t19-,20+/m1/s1. The highest BCUT2D eigenvalue weighted by atomic mass is 16.5. The lowest BCUT2D eigenvalue weighted by atomic mass is 10.0. The lowest BCUT2D eigenvalue weighted by Gasteiger charge is -2.47. The number of imidazole rings is 1. The van der Waals surface area contributed by atoms with Gasteiger partial charge in [-0.25, -0.2) is 19.0 Å². The Morgan fingerprint density at radius 1 is 1.09 bits per heavy atom. The maximum absolute atomic E-state index is 12.8. The second kappa shape index (κ2) is 9.79. The summed E-state index contributed by atoms with van der Waals surface area (Å²) in [7, 11) is 1.68. The molecule has 0 N–H and O–H groups in total. The summed E-state index contributed by atoms with van der Waals surface area (Å²) in [6.45, 7) is 9.03. The van der Waals surface area contributed by atoms with Crippen LogP contribution in [0.4, 0.5) is 5.69 Å². The SMILES string of the molecule is CCOC(=O)c1cn2c(n1)c(N1C[C@@H](CC)N(Cc3ccccc3)C[C@@H]1CC)cc(=O)n2C. The van der Waals surface area contributed by atoms with E-state index >= 15 is 0 Å². The average molecular weight is 452 g/mol. The first-order valence-corrected chi connectivity index (χ1v) is 11.8. The molecule has 3 heterocycles. The third-order valence-electron chi connectivity index (χ3n) is 6.59. The minimum atomic E-state index is -0.481. The summed E-state index contributed by atoms with van der Waals surface area (Å²) in [6.07, 6.45) is 3.53. The fraction of sp³-hybridized carbons (Fsp3) is 0.480. The van der Waals surface area contributed by atoms with Gasteiger partial charge in [0.05, 0.1) is 18.5 Å². The Morgan fingerprint density at radius 2 is 1.82 bits per heavy atom. The number of ether oxygens (including phenoxy) is 1. The number of aromatic nitrogens is 3. The summed E-state index contributed by atoms with van der Waals surface area (Å²) >= 11 is 0. The number of hydrogen-bond acceptors (Lipinski definition) is 6. The van der Waals surface area contributed by atoms with E-state index < -0.39 is 5.97 Å². The Kier molecular flexibility index (Phi) is 6.83. The maximum atomic E-state index is 12.8. The van der Waals surface area contributed by atoms with Crippen molar-refractivity contribution < 1.29 is 9.53 Å². The number of esters is 1. The van der Waals surface area contributed by atoms with Gasteiger partial charge in [-0.15, -0.1) is 0 Å². The van der Waals surface area contributed by atoms with Crippen molar-refractivity contribution in [3.63, 3.8) is 0 Å². The maximum Gasteiger partial charge on any atom is 0.358 e. The van der Waals surface area contributed by atoms with E-state index in [4.69, 9.17) is 4.74 Å². The van der Waals surface area contributed by atoms with Crippen molar-refractivity contribution >= 4 is 17.3 Å². The van der Waals surface area contributed by atoms with Crippen molar-refractivity contribution in [2.24, 2.45) is 7.05 Å². The zero-order chi connectivity index (χ0) is 23.5. The predicted octanol–water partition coefficient (Wildman–Crippen LogP) is 3.09. The van der Waals surface area contributed by atoms with Gasteiger partial charge in [-0.1, -0.05) is 44.2 Å². The highest BCUT2D eigenvalue weighted by Gasteiger charge is 2.34. The van der Waals surface area contributed by atoms with E-state index in [1.54, 1.807) is 30.8 Å². The van der Waals surface area contributed by atoms with Crippen LogP contribution in [0.2, 0.25) is 0 Å². The second-order valence-corrected chi connectivity index (χ2v) is 8.60. The molecule has 0 aliphatic carbocycles. The first-order valence-electron chi connectivity index (χ1n) is 11.8. The number of carbonyl (C=O) groups excluding carboxylic acids is 1. The van der Waals surface area contributed by atoms with Crippen LogP contribution < -0.4 is 10.5 Å². The van der Waals surface area contributed by atoms with E-state index in [9.17, 15) is 9.59 Å². The molecule has 1 aliphatic heterocycles. The first-order chi connectivity index (χ1) is 16.0. The molecule has 1 fully saturated rings. The van der Waals surface area contributed by atoms with E-state index in [0.29, 0.717) is 11.7 Å². The van der Waals surface area contributed by atoms with E-state index in [1.807, 2.05) is 6.07 Å². The highest BCUT2D eigenvalue weighted by molar-refractivity contribution is 5.89. The van der Waals surface area contributed by atoms with Gasteiger partial charge in [0.15, 0.2) is 11.3 Å². The lowest BCUT2D eigenvalue weighted by molar-refractivity contribution is 0.0520. The highest BCUT2D eigenvalue weighted by Crippen LogP contribution is 2.29. The van der Waals surface area contributed by atoms with Gasteiger partial charge >= 0.3 is 5.97 Å². The Hall–Kier alpha value is -3.13. The number of carbonyl (C=O) groups is 1. The molecule has 2 atom stereocenters. The monoisotopic (exact) mass is 451 g/mol. The minimum absolute atomic E-state index is 0.139. The third kappa shape index (κ3) is 4.53. The normalized spacial score (nSPS) is 19.2. The van der Waals surface area contributed by atoms with Crippen LogP contribution in [0.3, 0.4) is 0 Å². The van der Waals surface area contributed by atoms with E-state index in [0.717, 1.165) is 38.2 Å². The molecule has 8 heteroatoms. The van der Waals surface area contributed by atoms with E-state index in [-0.39, 0.29) is 23.9 Å². The third-order valence-corrected chi connectivity index (χ3v) is 6.59. The number of benzene rings is 1. The first kappa shape index (κ1) is 23.0. The van der Waals surface area contributed by atoms with Gasteiger partial charge in [-0.05, 0) is 25.3 Å². The fourth-order valence-electron chi connectivity index (χ4n) is 4.72. The molecular formula is C25H33N5O3. The largest absolute Gasteiger partial charge is 0.461 e. The summed E-state index contributed by atoms with van der Waals surface area (Å²) in [4.78, 5) is 34.6. The zero-order valence-electron chi connectivity index (χ0n) is 19.9. The van der Waals surface area contributed by atoms with Crippen LogP contribution in [0.15, 0.2) is 47.4 Å². The molecular weight excluding hydrogens is 418 g/mol. The van der Waals surface area contributed by atoms with Crippen molar-refractivity contribution in [2.75, 3.05) is 24.6 Å². The number of hydrogen-bond donors (Lipinski definition) is 0. The van der Waals surface area contributed by atoms with Gasteiger partial charge in [0.2, 0.25) is 0 Å². The average Bonchev–Trinajstić information content (AvgIpc) is 3.28. The number of piperazine rings is 1. The van der Waals surface area contributed by atoms with Crippen LogP contribution in [0.25, 0.3) is 5.65 Å². The van der Waals surface area contributed by atoms with Gasteiger partial charge in [-0.2, -0.15) is 0 Å². The summed E-state index contributed by atoms with van der Waals surface area (Å²) < 4.78 is 8.27. The molecule has 0 saturated carbocycles. The summed E-state index contributed by atoms with van der Waals surface area (Å²) in [5.74, 6) is -0.481. The number of anilines is 1. The molecule has 8 nitrogen and oxygen atoms in total. The summed E-state index contributed by atoms with van der Waals surface area (Å²) in [6, 6.07) is 12.8. The van der Waals surface area contributed by atoms with Crippen molar-refractivity contribution in [2.45, 2.75) is 52.2 Å². The molecule has 3 aromatic rings. The number of rotatable bonds is 7. The molecule has 1 saturated heterocycles. The molecule has 1 aromatic carbocycles. The fourth-order valence-corrected chi connectivity index (χ4v) is 4.72. The molecule has 0 spiro atoms. The van der Waals surface area contributed by atoms with Crippen LogP contribution in [0, 0.1) is 0 Å². The molecule has 0 unspecified atom stereocenters. The van der Waals surface area contributed by atoms with Crippen LogP contribution in [-0.2, 0) is 18.3 Å². The molecule has 0 radical (unpaired) electrons. The van der Waals surface area contributed by atoms with Crippen LogP contribution in [0.1, 0.15) is 49.7 Å². The predicted molar refractivity (Wildman–Crippen MR) is 129 cm³/mol. The Balaban J connectivity index is 1.71. The van der Waals surface area contributed by atoms with Crippen molar-refractivity contribution in [1.29, 1.82) is 0 Å². The van der Waals surface area contributed by atoms with Crippen LogP contribution >= 0.6 is 0 Å². The Morgan fingerprint density at radius 3 is 2.48 bits per heavy atom.